The molecule has 10 nitrogen and oxygen atoms in total. The van der Waals surface area contributed by atoms with Gasteiger partial charge in [-0.2, -0.15) is 0 Å². The molecule has 2 amide bonds. The maximum atomic E-state index is 12.2. The van der Waals surface area contributed by atoms with E-state index in [0.29, 0.717) is 32.2 Å². The molecule has 0 spiro atoms. The summed E-state index contributed by atoms with van der Waals surface area (Å²) < 4.78 is 14.8. The normalized spacial score (nSPS) is 18.7. The summed E-state index contributed by atoms with van der Waals surface area (Å²) in [5.41, 5.74) is 5.37. The van der Waals surface area contributed by atoms with Crippen molar-refractivity contribution >= 4 is 23.6 Å². The number of unbranched alkanes of at least 4 members (excludes halogenated alkanes) is 2. The highest BCUT2D eigenvalue weighted by Gasteiger charge is 2.32. The number of hydroxylamine groups is 1. The monoisotopic (exact) mass is 582 g/mol. The van der Waals surface area contributed by atoms with E-state index >= 15 is 0 Å². The number of nitrogens with zero attached hydrogens (tertiary/aromatic N) is 2. The number of aliphatic hydroxyl groups excluding tert-OH is 1. The molecule has 41 heavy (non-hydrogen) atoms. The quantitative estimate of drug-likeness (QED) is 0.0956. The summed E-state index contributed by atoms with van der Waals surface area (Å²) in [6.07, 6.45) is 6.33. The van der Waals surface area contributed by atoms with Crippen molar-refractivity contribution in [3.63, 3.8) is 0 Å². The van der Waals surface area contributed by atoms with Gasteiger partial charge in [0.15, 0.2) is 11.4 Å². The zero-order valence-electron chi connectivity index (χ0n) is 23.2. The van der Waals surface area contributed by atoms with Gasteiger partial charge in [-0.15, -0.1) is 0 Å². The second-order valence-electron chi connectivity index (χ2n) is 10.1. The summed E-state index contributed by atoms with van der Waals surface area (Å²) in [5.74, 6) is 0.282. The summed E-state index contributed by atoms with van der Waals surface area (Å²) in [6.45, 7) is 0.417. The molecule has 0 unspecified atom stereocenters. The SMILES string of the molecule is Cn1ccnc1SC[C@@H]1C[C@H](c2ccc(CO)cc2)O[C@H](c2ccc(CNC(=O)CCCCCC(=O)NO)cc2)O1. The van der Waals surface area contributed by atoms with Gasteiger partial charge in [0.1, 0.15) is 0 Å². The Morgan fingerprint density at radius 3 is 2.32 bits per heavy atom. The number of ether oxygens (including phenoxy) is 2. The molecule has 2 aromatic carbocycles. The molecular formula is C30H38N4O6S. The highest BCUT2D eigenvalue weighted by molar-refractivity contribution is 7.99. The molecule has 3 atom stereocenters. The van der Waals surface area contributed by atoms with E-state index in [0.717, 1.165) is 39.6 Å². The minimum absolute atomic E-state index is 0.00121. The zero-order valence-corrected chi connectivity index (χ0v) is 24.0. The summed E-state index contributed by atoms with van der Waals surface area (Å²) >= 11 is 1.65. The van der Waals surface area contributed by atoms with Crippen LogP contribution in [0.25, 0.3) is 0 Å². The van der Waals surface area contributed by atoms with E-state index in [1.165, 1.54) is 0 Å². The predicted octanol–water partition coefficient (Wildman–Crippen LogP) is 4.32. The first kappa shape index (κ1) is 30.7. The van der Waals surface area contributed by atoms with Crippen LogP contribution in [0.5, 0.6) is 0 Å². The number of carbonyl (C=O) groups is 2. The van der Waals surface area contributed by atoms with Crippen LogP contribution in [-0.2, 0) is 39.3 Å². The fourth-order valence-corrected chi connectivity index (χ4v) is 5.52. The van der Waals surface area contributed by atoms with Gasteiger partial charge in [-0.3, -0.25) is 14.8 Å². The predicted molar refractivity (Wildman–Crippen MR) is 154 cm³/mol. The van der Waals surface area contributed by atoms with Crippen molar-refractivity contribution in [1.29, 1.82) is 0 Å². The highest BCUT2D eigenvalue weighted by Crippen LogP contribution is 2.39. The van der Waals surface area contributed by atoms with Crippen molar-refractivity contribution < 1.29 is 29.4 Å². The van der Waals surface area contributed by atoms with E-state index in [1.54, 1.807) is 23.4 Å². The Morgan fingerprint density at radius 1 is 0.976 bits per heavy atom. The molecule has 0 bridgehead atoms. The molecule has 4 N–H and O–H groups in total. The average Bonchev–Trinajstić information content (AvgIpc) is 3.43. The van der Waals surface area contributed by atoms with Crippen LogP contribution in [0.2, 0.25) is 0 Å². The van der Waals surface area contributed by atoms with Crippen LogP contribution in [0.4, 0.5) is 0 Å². The van der Waals surface area contributed by atoms with Crippen LogP contribution in [0.3, 0.4) is 0 Å². The number of aryl methyl sites for hydroxylation is 1. The largest absolute Gasteiger partial charge is 0.392 e. The van der Waals surface area contributed by atoms with E-state index in [-0.39, 0.29) is 31.1 Å². The number of hydrogen-bond acceptors (Lipinski definition) is 8. The number of nitrogens with one attached hydrogen (secondary N) is 2. The van der Waals surface area contributed by atoms with E-state index in [9.17, 15) is 14.7 Å². The van der Waals surface area contributed by atoms with E-state index in [2.05, 4.69) is 10.3 Å². The second kappa shape index (κ2) is 15.7. The Hall–Kier alpha value is -3.22. The summed E-state index contributed by atoms with van der Waals surface area (Å²) in [5, 5.41) is 21.8. The lowest BCUT2D eigenvalue weighted by molar-refractivity contribution is -0.245. The molecule has 0 saturated carbocycles. The topological polar surface area (TPSA) is 135 Å². The van der Waals surface area contributed by atoms with Crippen molar-refractivity contribution in [1.82, 2.24) is 20.3 Å². The van der Waals surface area contributed by atoms with Crippen LogP contribution in [0.1, 0.15) is 73.2 Å². The number of amides is 2. The minimum atomic E-state index is -0.546. The van der Waals surface area contributed by atoms with Crippen LogP contribution in [0.15, 0.2) is 66.1 Å². The van der Waals surface area contributed by atoms with E-state index in [1.807, 2.05) is 66.3 Å². The zero-order chi connectivity index (χ0) is 29.0. The van der Waals surface area contributed by atoms with Gasteiger partial charge in [0.05, 0.1) is 18.8 Å². The van der Waals surface area contributed by atoms with Crippen LogP contribution in [0, 0.1) is 0 Å². The lowest BCUT2D eigenvalue weighted by Gasteiger charge is -2.36. The maximum absolute atomic E-state index is 12.2. The Labute approximate surface area is 244 Å². The van der Waals surface area contributed by atoms with E-state index < -0.39 is 12.2 Å². The molecule has 11 heteroatoms. The molecule has 1 aromatic heterocycles. The minimum Gasteiger partial charge on any atom is -0.392 e. The molecule has 4 rings (SSSR count). The van der Waals surface area contributed by atoms with Crippen molar-refractivity contribution in [3.8, 4) is 0 Å². The van der Waals surface area contributed by atoms with Crippen molar-refractivity contribution in [3.05, 3.63) is 83.2 Å². The number of benzene rings is 2. The Morgan fingerprint density at radius 2 is 1.66 bits per heavy atom. The van der Waals surface area contributed by atoms with Gasteiger partial charge in [-0.25, -0.2) is 10.5 Å². The number of aromatic nitrogens is 2. The Bertz CT molecular complexity index is 1250. The Balaban J connectivity index is 1.33. The summed E-state index contributed by atoms with van der Waals surface area (Å²) in [6, 6.07) is 15.7. The molecule has 0 aliphatic carbocycles. The van der Waals surface area contributed by atoms with Crippen molar-refractivity contribution in [2.75, 3.05) is 5.75 Å². The summed E-state index contributed by atoms with van der Waals surface area (Å²) in [4.78, 5) is 27.6. The highest BCUT2D eigenvalue weighted by atomic mass is 32.2. The van der Waals surface area contributed by atoms with Gasteiger partial charge >= 0.3 is 0 Å². The third-order valence-electron chi connectivity index (χ3n) is 6.96. The second-order valence-corrected chi connectivity index (χ2v) is 11.1. The van der Waals surface area contributed by atoms with Gasteiger partial charge in [0.25, 0.3) is 0 Å². The van der Waals surface area contributed by atoms with Crippen LogP contribution < -0.4 is 10.8 Å². The first-order valence-corrected chi connectivity index (χ1v) is 14.8. The molecule has 220 valence electrons. The number of carbonyl (C=O) groups excluding carboxylic acids is 2. The van der Waals surface area contributed by atoms with Gasteiger partial charge in [0.2, 0.25) is 11.8 Å². The first-order valence-electron chi connectivity index (χ1n) is 13.8. The van der Waals surface area contributed by atoms with Crippen molar-refractivity contribution in [2.24, 2.45) is 7.05 Å². The molecular weight excluding hydrogens is 544 g/mol. The first-order chi connectivity index (χ1) is 19.9. The van der Waals surface area contributed by atoms with Crippen LogP contribution >= 0.6 is 11.8 Å². The fraction of sp³-hybridized carbons (Fsp3) is 0.433. The number of rotatable bonds is 14. The molecule has 1 aliphatic rings. The molecule has 2 heterocycles. The molecule has 3 aromatic rings. The Kier molecular flexibility index (Phi) is 11.8. The molecule has 1 aliphatic heterocycles. The molecule has 1 saturated heterocycles. The standard InChI is InChI=1S/C30H38N4O6S/c1-34-16-15-31-30(34)41-20-25-17-26(23-11-9-22(19-35)10-12-23)40-29(39-25)24-13-7-21(8-14-24)18-32-27(36)5-3-2-4-6-28(37)33-38/h7-16,25-26,29,35,38H,2-6,17-20H2,1H3,(H,32,36)(H,33,37)/t25-,26+,29+/m0/s1. The van der Waals surface area contributed by atoms with Crippen LogP contribution in [-0.4, -0.2) is 43.5 Å². The third-order valence-corrected chi connectivity index (χ3v) is 8.15. The van der Waals surface area contributed by atoms with Gasteiger partial charge in [-0.1, -0.05) is 66.7 Å². The number of imidazole rings is 1. The van der Waals surface area contributed by atoms with Gasteiger partial charge in [0, 0.05) is 56.6 Å². The summed E-state index contributed by atoms with van der Waals surface area (Å²) in [7, 11) is 1.97. The molecule has 1 fully saturated rings. The average molecular weight is 583 g/mol. The number of thioether (sulfide) groups is 1. The van der Waals surface area contributed by atoms with Gasteiger partial charge < -0.3 is 24.5 Å². The van der Waals surface area contributed by atoms with E-state index in [4.69, 9.17) is 14.7 Å². The molecule has 0 radical (unpaired) electrons. The lowest BCUT2D eigenvalue weighted by Crippen LogP contribution is -2.31. The van der Waals surface area contributed by atoms with Gasteiger partial charge in [-0.05, 0) is 29.5 Å². The number of aliphatic hydroxyl groups is 1. The maximum Gasteiger partial charge on any atom is 0.243 e. The lowest BCUT2D eigenvalue weighted by atomic mass is 10.0. The smallest absolute Gasteiger partial charge is 0.243 e. The fourth-order valence-electron chi connectivity index (χ4n) is 4.57. The number of hydrogen-bond donors (Lipinski definition) is 4. The van der Waals surface area contributed by atoms with Crippen molar-refractivity contribution in [2.45, 2.75) is 75.3 Å². The third kappa shape index (κ3) is 9.40.